The SMILES string of the molecule is O[C@@H](c1ccccn1)C1CCN(Cc2nc(-c3cccnc3)no2)CC1. The van der Waals surface area contributed by atoms with E-state index in [1.165, 1.54) is 0 Å². The molecule has 26 heavy (non-hydrogen) atoms. The quantitative estimate of drug-likeness (QED) is 0.755. The van der Waals surface area contributed by atoms with Crippen molar-refractivity contribution in [3.8, 4) is 11.4 Å². The third-order valence-corrected chi connectivity index (χ3v) is 4.82. The Morgan fingerprint density at radius 1 is 1.15 bits per heavy atom. The van der Waals surface area contributed by atoms with Crippen molar-refractivity contribution in [3.05, 3.63) is 60.5 Å². The lowest BCUT2D eigenvalue weighted by atomic mass is 9.89. The van der Waals surface area contributed by atoms with E-state index in [9.17, 15) is 5.11 Å². The second kappa shape index (κ2) is 7.72. The molecule has 1 aliphatic heterocycles. The van der Waals surface area contributed by atoms with E-state index < -0.39 is 6.10 Å². The van der Waals surface area contributed by atoms with E-state index in [0.29, 0.717) is 18.3 Å². The predicted molar refractivity (Wildman–Crippen MR) is 94.7 cm³/mol. The standard InChI is InChI=1S/C19H21N5O2/c25-18(16-5-1-2-9-21-16)14-6-10-24(11-7-14)13-17-22-19(23-26-17)15-4-3-8-20-12-15/h1-5,8-9,12,14,18,25H,6-7,10-11,13H2/t18-/m1/s1. The Kier molecular flexibility index (Phi) is 4.99. The van der Waals surface area contributed by atoms with Crippen molar-refractivity contribution < 1.29 is 9.63 Å². The van der Waals surface area contributed by atoms with Crippen molar-refractivity contribution in [1.82, 2.24) is 25.0 Å². The summed E-state index contributed by atoms with van der Waals surface area (Å²) in [5, 5.41) is 14.6. The van der Waals surface area contributed by atoms with Gasteiger partial charge in [0.05, 0.1) is 18.3 Å². The second-order valence-electron chi connectivity index (χ2n) is 6.57. The molecule has 4 rings (SSSR count). The molecule has 134 valence electrons. The zero-order valence-corrected chi connectivity index (χ0v) is 14.4. The lowest BCUT2D eigenvalue weighted by molar-refractivity contribution is 0.0511. The molecule has 0 unspecified atom stereocenters. The number of hydrogen-bond acceptors (Lipinski definition) is 7. The van der Waals surface area contributed by atoms with Crippen LogP contribution < -0.4 is 0 Å². The van der Waals surface area contributed by atoms with Crippen LogP contribution in [0.4, 0.5) is 0 Å². The van der Waals surface area contributed by atoms with E-state index in [2.05, 4.69) is 25.0 Å². The molecule has 0 spiro atoms. The van der Waals surface area contributed by atoms with E-state index in [1.54, 1.807) is 18.6 Å². The van der Waals surface area contributed by atoms with Gasteiger partial charge in [0.15, 0.2) is 0 Å². The molecular formula is C19H21N5O2. The molecule has 0 saturated carbocycles. The number of aliphatic hydroxyl groups is 1. The van der Waals surface area contributed by atoms with Gasteiger partial charge in [-0.3, -0.25) is 14.9 Å². The largest absolute Gasteiger partial charge is 0.387 e. The van der Waals surface area contributed by atoms with Crippen LogP contribution in [0.15, 0.2) is 53.4 Å². The molecule has 4 heterocycles. The summed E-state index contributed by atoms with van der Waals surface area (Å²) in [6.07, 6.45) is 6.50. The second-order valence-corrected chi connectivity index (χ2v) is 6.57. The zero-order chi connectivity index (χ0) is 17.8. The molecular weight excluding hydrogens is 330 g/mol. The number of pyridine rings is 2. The van der Waals surface area contributed by atoms with Crippen molar-refractivity contribution in [2.24, 2.45) is 5.92 Å². The fourth-order valence-electron chi connectivity index (χ4n) is 3.34. The average Bonchev–Trinajstić information content (AvgIpc) is 3.18. The van der Waals surface area contributed by atoms with Crippen LogP contribution in [-0.2, 0) is 6.54 Å². The topological polar surface area (TPSA) is 88.2 Å². The molecule has 1 saturated heterocycles. The highest BCUT2D eigenvalue weighted by atomic mass is 16.5. The molecule has 3 aromatic heterocycles. The minimum absolute atomic E-state index is 0.231. The minimum atomic E-state index is -0.501. The molecule has 7 nitrogen and oxygen atoms in total. The summed E-state index contributed by atoms with van der Waals surface area (Å²) in [4.78, 5) is 15.1. The molecule has 0 bridgehead atoms. The lowest BCUT2D eigenvalue weighted by Gasteiger charge is -2.33. The molecule has 0 aromatic carbocycles. The summed E-state index contributed by atoms with van der Waals surface area (Å²) in [6.45, 7) is 2.40. The fraction of sp³-hybridized carbons (Fsp3) is 0.368. The van der Waals surface area contributed by atoms with Gasteiger partial charge in [0, 0.05) is 24.2 Å². The molecule has 1 aliphatic rings. The summed E-state index contributed by atoms with van der Waals surface area (Å²) >= 11 is 0. The maximum atomic E-state index is 10.5. The Morgan fingerprint density at radius 2 is 2.04 bits per heavy atom. The number of aliphatic hydroxyl groups excluding tert-OH is 1. The monoisotopic (exact) mass is 351 g/mol. The fourth-order valence-corrected chi connectivity index (χ4v) is 3.34. The molecule has 3 aromatic rings. The summed E-state index contributed by atoms with van der Waals surface area (Å²) in [7, 11) is 0. The third kappa shape index (κ3) is 3.79. The van der Waals surface area contributed by atoms with Crippen molar-refractivity contribution >= 4 is 0 Å². The van der Waals surface area contributed by atoms with Crippen LogP contribution in [0.2, 0.25) is 0 Å². The number of piperidine rings is 1. The van der Waals surface area contributed by atoms with Gasteiger partial charge in [-0.25, -0.2) is 0 Å². The van der Waals surface area contributed by atoms with Crippen molar-refractivity contribution in [2.45, 2.75) is 25.5 Å². The lowest BCUT2D eigenvalue weighted by Crippen LogP contribution is -2.35. The van der Waals surface area contributed by atoms with Gasteiger partial charge in [-0.05, 0) is 56.1 Å². The summed E-state index contributed by atoms with van der Waals surface area (Å²) < 4.78 is 5.38. The summed E-state index contributed by atoms with van der Waals surface area (Å²) in [6, 6.07) is 9.42. The van der Waals surface area contributed by atoms with Gasteiger partial charge in [0.25, 0.3) is 0 Å². The first-order valence-electron chi connectivity index (χ1n) is 8.84. The molecule has 7 heteroatoms. The predicted octanol–water partition coefficient (Wildman–Crippen LogP) is 2.47. The van der Waals surface area contributed by atoms with Crippen LogP contribution in [-0.4, -0.2) is 43.2 Å². The van der Waals surface area contributed by atoms with Crippen LogP contribution in [0.3, 0.4) is 0 Å². The highest BCUT2D eigenvalue weighted by Crippen LogP contribution is 2.30. The van der Waals surface area contributed by atoms with E-state index in [-0.39, 0.29) is 5.92 Å². The Bertz CT molecular complexity index is 816. The highest BCUT2D eigenvalue weighted by Gasteiger charge is 2.27. The third-order valence-electron chi connectivity index (χ3n) is 4.82. The maximum Gasteiger partial charge on any atom is 0.241 e. The van der Waals surface area contributed by atoms with Crippen molar-refractivity contribution in [1.29, 1.82) is 0 Å². The van der Waals surface area contributed by atoms with Crippen molar-refractivity contribution in [2.75, 3.05) is 13.1 Å². The normalized spacial score (nSPS) is 17.3. The van der Waals surface area contributed by atoms with Crippen LogP contribution in [0, 0.1) is 5.92 Å². The molecule has 1 N–H and O–H groups in total. The minimum Gasteiger partial charge on any atom is -0.387 e. The van der Waals surface area contributed by atoms with Gasteiger partial charge in [-0.2, -0.15) is 4.98 Å². The Morgan fingerprint density at radius 3 is 2.77 bits per heavy atom. The number of nitrogens with zero attached hydrogens (tertiary/aromatic N) is 5. The van der Waals surface area contributed by atoms with E-state index >= 15 is 0 Å². The Labute approximate surface area is 151 Å². The number of likely N-dealkylation sites (tertiary alicyclic amines) is 1. The number of rotatable bonds is 5. The van der Waals surface area contributed by atoms with Gasteiger partial charge in [0.1, 0.15) is 0 Å². The Hall–Kier alpha value is -2.64. The van der Waals surface area contributed by atoms with Gasteiger partial charge in [0.2, 0.25) is 11.7 Å². The molecule has 1 atom stereocenters. The van der Waals surface area contributed by atoms with Gasteiger partial charge < -0.3 is 9.63 Å². The van der Waals surface area contributed by atoms with E-state index in [0.717, 1.165) is 37.2 Å². The molecule has 0 amide bonds. The van der Waals surface area contributed by atoms with Gasteiger partial charge in [-0.1, -0.05) is 11.2 Å². The molecule has 0 aliphatic carbocycles. The van der Waals surface area contributed by atoms with Crippen LogP contribution in [0.25, 0.3) is 11.4 Å². The van der Waals surface area contributed by atoms with E-state index in [1.807, 2.05) is 30.3 Å². The Balaban J connectivity index is 1.32. The number of hydrogen-bond donors (Lipinski definition) is 1. The zero-order valence-electron chi connectivity index (χ0n) is 14.4. The number of aromatic nitrogens is 4. The van der Waals surface area contributed by atoms with Gasteiger partial charge >= 0.3 is 0 Å². The first kappa shape index (κ1) is 16.8. The summed E-state index contributed by atoms with van der Waals surface area (Å²) in [5.41, 5.74) is 1.60. The van der Waals surface area contributed by atoms with Crippen LogP contribution >= 0.6 is 0 Å². The van der Waals surface area contributed by atoms with Crippen LogP contribution in [0.5, 0.6) is 0 Å². The van der Waals surface area contributed by atoms with Crippen LogP contribution in [0.1, 0.15) is 30.5 Å². The first-order chi connectivity index (χ1) is 12.8. The summed E-state index contributed by atoms with van der Waals surface area (Å²) in [5.74, 6) is 1.40. The smallest absolute Gasteiger partial charge is 0.241 e. The molecule has 0 radical (unpaired) electrons. The first-order valence-corrected chi connectivity index (χ1v) is 8.84. The molecule has 1 fully saturated rings. The highest BCUT2D eigenvalue weighted by molar-refractivity contribution is 5.51. The van der Waals surface area contributed by atoms with E-state index in [4.69, 9.17) is 4.52 Å². The maximum absolute atomic E-state index is 10.5. The average molecular weight is 351 g/mol. The van der Waals surface area contributed by atoms with Crippen molar-refractivity contribution in [3.63, 3.8) is 0 Å². The van der Waals surface area contributed by atoms with Gasteiger partial charge in [-0.15, -0.1) is 0 Å².